The molecule has 2 fully saturated rings. The Morgan fingerprint density at radius 2 is 1.96 bits per heavy atom. The van der Waals surface area contributed by atoms with Gasteiger partial charge in [-0.1, -0.05) is 0 Å². The van der Waals surface area contributed by atoms with Crippen LogP contribution in [0, 0.1) is 16.7 Å². The molecule has 0 amide bonds. The Bertz CT molecular complexity index is 1060. The molecule has 28 heavy (non-hydrogen) atoms. The number of aromatic nitrogens is 1. The maximum absolute atomic E-state index is 11.7. The van der Waals surface area contributed by atoms with Crippen LogP contribution >= 0.6 is 0 Å². The standard InChI is InChI=1S/C19H23N5O3S/c1-27-15-2-3-16-17(10-15)22-12-14(11-20)18(16)23-7-4-19(5-8-23)6-9-24(13-19)28(21,25)26/h2-3,10,12H,4-9,13H2,1H3,(H2,21,25,26). The molecule has 148 valence electrons. The molecule has 1 spiro atoms. The number of fused-ring (bicyclic) bond motifs is 1. The first-order chi connectivity index (χ1) is 13.3. The molecule has 1 aromatic carbocycles. The van der Waals surface area contributed by atoms with E-state index >= 15 is 0 Å². The van der Waals surface area contributed by atoms with Gasteiger partial charge in [0.1, 0.15) is 11.8 Å². The van der Waals surface area contributed by atoms with Crippen molar-refractivity contribution in [2.45, 2.75) is 19.3 Å². The number of hydrogen-bond donors (Lipinski definition) is 1. The van der Waals surface area contributed by atoms with Crippen molar-refractivity contribution in [2.75, 3.05) is 38.2 Å². The van der Waals surface area contributed by atoms with Crippen molar-refractivity contribution in [3.05, 3.63) is 30.0 Å². The Hall–Kier alpha value is -2.41. The zero-order valence-electron chi connectivity index (χ0n) is 15.8. The summed E-state index contributed by atoms with van der Waals surface area (Å²) < 4.78 is 30.0. The summed E-state index contributed by atoms with van der Waals surface area (Å²) in [6, 6.07) is 7.95. The number of benzene rings is 1. The maximum atomic E-state index is 11.7. The van der Waals surface area contributed by atoms with Gasteiger partial charge in [0.25, 0.3) is 10.2 Å². The molecule has 4 rings (SSSR count). The molecule has 0 bridgehead atoms. The first-order valence-electron chi connectivity index (χ1n) is 9.25. The number of ether oxygens (including phenoxy) is 1. The van der Waals surface area contributed by atoms with Crippen LogP contribution in [0.3, 0.4) is 0 Å². The van der Waals surface area contributed by atoms with Crippen LogP contribution in [-0.2, 0) is 10.2 Å². The topological polar surface area (TPSA) is 113 Å². The van der Waals surface area contributed by atoms with Crippen molar-refractivity contribution >= 4 is 26.8 Å². The number of nitriles is 1. The normalized spacial score (nSPS) is 19.8. The lowest BCUT2D eigenvalue weighted by molar-refractivity contribution is 0.235. The van der Waals surface area contributed by atoms with Crippen LogP contribution < -0.4 is 14.8 Å². The van der Waals surface area contributed by atoms with Crippen LogP contribution in [0.25, 0.3) is 10.9 Å². The lowest BCUT2D eigenvalue weighted by atomic mass is 9.77. The van der Waals surface area contributed by atoms with Gasteiger partial charge in [-0.15, -0.1) is 0 Å². The largest absolute Gasteiger partial charge is 0.497 e. The van der Waals surface area contributed by atoms with Gasteiger partial charge in [0.05, 0.1) is 23.9 Å². The number of piperidine rings is 1. The van der Waals surface area contributed by atoms with Crippen molar-refractivity contribution < 1.29 is 13.2 Å². The van der Waals surface area contributed by atoms with Gasteiger partial charge in [-0.25, -0.2) is 5.14 Å². The van der Waals surface area contributed by atoms with E-state index in [4.69, 9.17) is 9.88 Å². The van der Waals surface area contributed by atoms with E-state index in [0.717, 1.165) is 54.7 Å². The molecule has 1 aromatic heterocycles. The number of pyridine rings is 1. The van der Waals surface area contributed by atoms with Gasteiger partial charge in [0.15, 0.2) is 0 Å². The van der Waals surface area contributed by atoms with Crippen molar-refractivity contribution in [3.63, 3.8) is 0 Å². The van der Waals surface area contributed by atoms with E-state index < -0.39 is 10.2 Å². The van der Waals surface area contributed by atoms with Crippen LogP contribution in [0.4, 0.5) is 5.69 Å². The number of nitrogens with two attached hydrogens (primary N) is 1. The quantitative estimate of drug-likeness (QED) is 0.836. The molecule has 2 aromatic rings. The summed E-state index contributed by atoms with van der Waals surface area (Å²) in [6.07, 6.45) is 4.17. The Balaban J connectivity index is 1.61. The van der Waals surface area contributed by atoms with Gasteiger partial charge in [-0.05, 0) is 36.8 Å². The zero-order valence-corrected chi connectivity index (χ0v) is 16.6. The third kappa shape index (κ3) is 3.28. The minimum Gasteiger partial charge on any atom is -0.497 e. The molecule has 0 aliphatic carbocycles. The van der Waals surface area contributed by atoms with Crippen LogP contribution in [-0.4, -0.2) is 51.0 Å². The first-order valence-corrected chi connectivity index (χ1v) is 10.8. The van der Waals surface area contributed by atoms with Crippen LogP contribution in [0.1, 0.15) is 24.8 Å². The predicted molar refractivity (Wildman–Crippen MR) is 106 cm³/mol. The fourth-order valence-corrected chi connectivity index (χ4v) is 5.23. The monoisotopic (exact) mass is 401 g/mol. The van der Waals surface area contributed by atoms with Crippen molar-refractivity contribution in [1.82, 2.24) is 9.29 Å². The summed E-state index contributed by atoms with van der Waals surface area (Å²) in [5, 5.41) is 15.8. The van der Waals surface area contributed by atoms with E-state index in [2.05, 4.69) is 16.0 Å². The molecule has 2 saturated heterocycles. The molecule has 2 aliphatic rings. The summed E-state index contributed by atoms with van der Waals surface area (Å²) in [4.78, 5) is 6.63. The summed E-state index contributed by atoms with van der Waals surface area (Å²) in [7, 11) is -2.02. The molecule has 3 heterocycles. The van der Waals surface area contributed by atoms with E-state index in [9.17, 15) is 13.7 Å². The van der Waals surface area contributed by atoms with Gasteiger partial charge in [-0.2, -0.15) is 18.0 Å². The highest BCUT2D eigenvalue weighted by Gasteiger charge is 2.43. The van der Waals surface area contributed by atoms with Crippen molar-refractivity contribution in [3.8, 4) is 11.8 Å². The fourth-order valence-electron chi connectivity index (χ4n) is 4.43. The van der Waals surface area contributed by atoms with E-state index in [1.54, 1.807) is 13.3 Å². The average molecular weight is 401 g/mol. The highest BCUT2D eigenvalue weighted by Crippen LogP contribution is 2.43. The summed E-state index contributed by atoms with van der Waals surface area (Å²) >= 11 is 0. The van der Waals surface area contributed by atoms with Crippen molar-refractivity contribution in [1.29, 1.82) is 5.26 Å². The molecular weight excluding hydrogens is 378 g/mol. The lowest BCUT2D eigenvalue weighted by Crippen LogP contribution is -2.43. The van der Waals surface area contributed by atoms with Gasteiger partial charge >= 0.3 is 0 Å². The molecule has 0 saturated carbocycles. The van der Waals surface area contributed by atoms with E-state index in [0.29, 0.717) is 18.7 Å². The SMILES string of the molecule is COc1ccc2c(N3CCC4(CC3)CCN(S(N)(=O)=O)C4)c(C#N)cnc2c1. The Kier molecular flexibility index (Phi) is 4.65. The van der Waals surface area contributed by atoms with Crippen LogP contribution in [0.15, 0.2) is 24.4 Å². The van der Waals surface area contributed by atoms with Crippen LogP contribution in [0.5, 0.6) is 5.75 Å². The highest BCUT2D eigenvalue weighted by molar-refractivity contribution is 7.86. The number of rotatable bonds is 3. The minimum absolute atomic E-state index is 0.0260. The average Bonchev–Trinajstić information content (AvgIpc) is 3.11. The molecular formula is C19H23N5O3S. The molecule has 9 heteroatoms. The number of hydrogen-bond acceptors (Lipinski definition) is 6. The summed E-state index contributed by atoms with van der Waals surface area (Å²) in [6.45, 7) is 2.50. The third-order valence-electron chi connectivity index (χ3n) is 6.07. The van der Waals surface area contributed by atoms with E-state index in [-0.39, 0.29) is 5.41 Å². The zero-order chi connectivity index (χ0) is 19.9. The number of anilines is 1. The second-order valence-corrected chi connectivity index (χ2v) is 9.18. The molecule has 0 unspecified atom stereocenters. The van der Waals surface area contributed by atoms with E-state index in [1.165, 1.54) is 4.31 Å². The summed E-state index contributed by atoms with van der Waals surface area (Å²) in [5.74, 6) is 0.724. The van der Waals surface area contributed by atoms with Gasteiger partial charge in [0.2, 0.25) is 0 Å². The Labute approximate surface area is 164 Å². The number of methoxy groups -OCH3 is 1. The van der Waals surface area contributed by atoms with Gasteiger partial charge < -0.3 is 9.64 Å². The molecule has 0 radical (unpaired) electrons. The smallest absolute Gasteiger partial charge is 0.276 e. The van der Waals surface area contributed by atoms with Crippen LogP contribution in [0.2, 0.25) is 0 Å². The number of nitrogens with zero attached hydrogens (tertiary/aromatic N) is 4. The van der Waals surface area contributed by atoms with E-state index in [1.807, 2.05) is 18.2 Å². The molecule has 0 atom stereocenters. The first kappa shape index (κ1) is 18.9. The second-order valence-electron chi connectivity index (χ2n) is 7.63. The van der Waals surface area contributed by atoms with Gasteiger partial charge in [0, 0.05) is 43.8 Å². The second kappa shape index (κ2) is 6.88. The predicted octanol–water partition coefficient (Wildman–Crippen LogP) is 1.61. The molecule has 2 aliphatic heterocycles. The lowest BCUT2D eigenvalue weighted by Gasteiger charge is -2.40. The summed E-state index contributed by atoms with van der Waals surface area (Å²) in [5.41, 5.74) is 2.20. The highest BCUT2D eigenvalue weighted by atomic mass is 32.2. The maximum Gasteiger partial charge on any atom is 0.276 e. The molecule has 2 N–H and O–H groups in total. The third-order valence-corrected chi connectivity index (χ3v) is 7.10. The van der Waals surface area contributed by atoms with Gasteiger partial charge in [-0.3, -0.25) is 4.98 Å². The Morgan fingerprint density at radius 3 is 2.57 bits per heavy atom. The minimum atomic E-state index is -3.63. The Morgan fingerprint density at radius 1 is 1.25 bits per heavy atom. The molecule has 8 nitrogen and oxygen atoms in total. The van der Waals surface area contributed by atoms with Crippen molar-refractivity contribution in [2.24, 2.45) is 10.6 Å². The fraction of sp³-hybridized carbons (Fsp3) is 0.474.